The average Bonchev–Trinajstić information content (AvgIpc) is 2.92. The Morgan fingerprint density at radius 1 is 0.571 bits per heavy atom. The third-order valence-electron chi connectivity index (χ3n) is 7.16. The zero-order chi connectivity index (χ0) is 24.8. The summed E-state index contributed by atoms with van der Waals surface area (Å²) in [5, 5.41) is 0. The number of hydrogen-bond donors (Lipinski definition) is 0. The van der Waals surface area contributed by atoms with Gasteiger partial charge in [0.15, 0.2) is 0 Å². The van der Waals surface area contributed by atoms with Crippen molar-refractivity contribution in [1.29, 1.82) is 0 Å². The predicted octanol–water partition coefficient (Wildman–Crippen LogP) is 8.12. The number of hydrogen-bond acceptors (Lipinski definition) is 0. The number of allylic oxidation sites excluding steroid dienone is 2. The first-order valence-electron chi connectivity index (χ1n) is 13.8. The van der Waals surface area contributed by atoms with E-state index < -0.39 is 13.3 Å². The number of rotatable bonds is 15. The summed E-state index contributed by atoms with van der Waals surface area (Å²) in [5.41, 5.74) is 2.89. The van der Waals surface area contributed by atoms with Gasteiger partial charge < -0.3 is 0 Å². The van der Waals surface area contributed by atoms with E-state index >= 15 is 0 Å². The van der Waals surface area contributed by atoms with Gasteiger partial charge in [0.05, 0.1) is 0 Å². The van der Waals surface area contributed by atoms with Gasteiger partial charge in [-0.2, -0.15) is 0 Å². The second kappa shape index (κ2) is 14.9. The van der Waals surface area contributed by atoms with Crippen LogP contribution in [0.15, 0.2) is 114 Å². The van der Waals surface area contributed by atoms with Crippen LogP contribution in [-0.4, -0.2) is 13.3 Å². The van der Waals surface area contributed by atoms with Gasteiger partial charge >= 0.3 is 218 Å². The van der Waals surface area contributed by atoms with Gasteiger partial charge in [0.1, 0.15) is 0 Å². The first kappa shape index (κ1) is 27.3. The fourth-order valence-corrected chi connectivity index (χ4v) is 14.6. The molecule has 0 unspecified atom stereocenters. The van der Waals surface area contributed by atoms with Gasteiger partial charge in [-0.25, -0.2) is 0 Å². The number of benzene rings is 3. The Morgan fingerprint density at radius 3 is 1.37 bits per heavy atom. The summed E-state index contributed by atoms with van der Waals surface area (Å²) in [4.78, 5) is 2.76. The second-order valence-electron chi connectivity index (χ2n) is 9.80. The monoisotopic (exact) mass is 526 g/mol. The van der Waals surface area contributed by atoms with Crippen LogP contribution >= 0.6 is 0 Å². The van der Waals surface area contributed by atoms with Crippen molar-refractivity contribution in [3.8, 4) is 0 Å². The normalized spacial score (nSPS) is 12.0. The number of unbranched alkanes of at least 4 members (excludes halogenated alkanes) is 6. The van der Waals surface area contributed by atoms with Gasteiger partial charge in [0.25, 0.3) is 0 Å². The van der Waals surface area contributed by atoms with E-state index in [0.29, 0.717) is 0 Å². The van der Waals surface area contributed by atoms with Crippen LogP contribution in [0.2, 0.25) is 0 Å². The van der Waals surface area contributed by atoms with Crippen molar-refractivity contribution >= 4 is 26.5 Å². The molecule has 0 aliphatic rings. The first-order chi connectivity index (χ1) is 17.2. The minimum atomic E-state index is -3.11. The Labute approximate surface area is 217 Å². The summed E-state index contributed by atoms with van der Waals surface area (Å²) >= 11 is -3.11. The molecule has 0 aromatic heterocycles. The minimum absolute atomic E-state index is 1.12. The molecule has 0 N–H and O–H groups in total. The molecule has 35 heavy (non-hydrogen) atoms. The van der Waals surface area contributed by atoms with Crippen LogP contribution in [0.4, 0.5) is 0 Å². The molecule has 0 aliphatic carbocycles. The molecular weight excluding hydrogens is 481 g/mol. The maximum absolute atomic E-state index is 4.68. The first-order valence-corrected chi connectivity index (χ1v) is 18.1. The fraction of sp³-hybridized carbons (Fsp3) is 0.353. The topological polar surface area (TPSA) is 0 Å². The molecule has 0 bridgehead atoms. The van der Waals surface area contributed by atoms with Crippen molar-refractivity contribution in [3.05, 3.63) is 114 Å². The summed E-state index contributed by atoms with van der Waals surface area (Å²) in [6.45, 7) is 9.26. The van der Waals surface area contributed by atoms with Crippen molar-refractivity contribution < 1.29 is 0 Å². The maximum atomic E-state index is 4.68. The van der Waals surface area contributed by atoms with Gasteiger partial charge in [0.2, 0.25) is 0 Å². The summed E-state index contributed by atoms with van der Waals surface area (Å²) in [6, 6.07) is 34.0. The van der Waals surface area contributed by atoms with Crippen molar-refractivity contribution in [2.45, 2.75) is 78.1 Å². The van der Waals surface area contributed by atoms with E-state index in [1.165, 1.54) is 75.7 Å². The van der Waals surface area contributed by atoms with Crippen molar-refractivity contribution in [3.63, 3.8) is 0 Å². The van der Waals surface area contributed by atoms with Crippen molar-refractivity contribution in [1.82, 2.24) is 0 Å². The molecule has 1 heteroatoms. The molecule has 3 aromatic carbocycles. The molecule has 3 rings (SSSR count). The van der Waals surface area contributed by atoms with Crippen LogP contribution in [-0.2, 0) is 0 Å². The van der Waals surface area contributed by atoms with E-state index in [9.17, 15) is 0 Å². The van der Waals surface area contributed by atoms with Crippen LogP contribution in [0.5, 0.6) is 0 Å². The van der Waals surface area contributed by atoms with Gasteiger partial charge in [-0.1, -0.05) is 0 Å². The Morgan fingerprint density at radius 2 is 0.971 bits per heavy atom. The Balaban J connectivity index is 2.15. The Kier molecular flexibility index (Phi) is 11.6. The average molecular weight is 525 g/mol. The molecule has 0 saturated carbocycles. The van der Waals surface area contributed by atoms with Gasteiger partial charge in [-0.15, -0.1) is 0 Å². The molecule has 0 aliphatic heterocycles. The molecule has 184 valence electrons. The second-order valence-corrected chi connectivity index (χ2v) is 17.4. The molecular formula is C34H44Ge. The van der Waals surface area contributed by atoms with Crippen molar-refractivity contribution in [2.24, 2.45) is 0 Å². The molecule has 0 saturated heterocycles. The predicted molar refractivity (Wildman–Crippen MR) is 159 cm³/mol. The molecule has 3 aromatic rings. The molecule has 0 fully saturated rings. The van der Waals surface area contributed by atoms with E-state index in [4.69, 9.17) is 0 Å². The third kappa shape index (κ3) is 7.58. The quantitative estimate of drug-likeness (QED) is 0.107. The van der Waals surface area contributed by atoms with Gasteiger partial charge in [0, 0.05) is 0 Å². The fourth-order valence-electron chi connectivity index (χ4n) is 5.13. The van der Waals surface area contributed by atoms with E-state index in [1.54, 1.807) is 0 Å². The Hall–Kier alpha value is -2.32. The molecule has 0 amide bonds. The third-order valence-corrected chi connectivity index (χ3v) is 16.6. The molecule has 0 nitrogen and oxygen atoms in total. The standard InChI is InChI=1S/C34H44Ge/c1-4-6-8-13-21-30(3)31(22-14-9-7-5-2)29-35(32-23-15-10-16-24-32,33-25-17-11-18-26-33)34-27-19-12-20-28-34/h10-12,15-20,23-29H,3-9,13-14,21-22H2,1-2H3/b31-29+. The molecule has 0 spiro atoms. The Bertz CT molecular complexity index is 921. The summed E-state index contributed by atoms with van der Waals surface area (Å²) in [6.07, 6.45) is 12.6. The van der Waals surface area contributed by atoms with Crippen LogP contribution < -0.4 is 13.2 Å². The molecule has 0 atom stereocenters. The summed E-state index contributed by atoms with van der Waals surface area (Å²) in [7, 11) is 0. The zero-order valence-electron chi connectivity index (χ0n) is 22.0. The van der Waals surface area contributed by atoms with Crippen LogP contribution in [0, 0.1) is 0 Å². The van der Waals surface area contributed by atoms with E-state index in [-0.39, 0.29) is 0 Å². The molecule has 0 radical (unpaired) electrons. The van der Waals surface area contributed by atoms with Gasteiger partial charge in [-0.3, -0.25) is 0 Å². The van der Waals surface area contributed by atoms with E-state index in [2.05, 4.69) is 116 Å². The van der Waals surface area contributed by atoms with Crippen LogP contribution in [0.25, 0.3) is 0 Å². The SMILES string of the molecule is C=C(CCCCCC)/C(=[CH]/[Ge]([c]1ccccc1)([c]1ccccc1)[c]1ccccc1)CCCCCC. The summed E-state index contributed by atoms with van der Waals surface area (Å²) < 4.78 is 4.49. The summed E-state index contributed by atoms with van der Waals surface area (Å²) in [5.74, 6) is 0. The van der Waals surface area contributed by atoms with E-state index in [0.717, 1.165) is 12.8 Å². The van der Waals surface area contributed by atoms with Crippen LogP contribution in [0.3, 0.4) is 0 Å². The zero-order valence-corrected chi connectivity index (χ0v) is 24.1. The van der Waals surface area contributed by atoms with Gasteiger partial charge in [-0.05, 0) is 0 Å². The van der Waals surface area contributed by atoms with E-state index in [1.807, 2.05) is 0 Å². The van der Waals surface area contributed by atoms with Crippen molar-refractivity contribution in [2.75, 3.05) is 0 Å². The molecule has 0 heterocycles. The van der Waals surface area contributed by atoms with Crippen LogP contribution in [0.1, 0.15) is 78.1 Å².